The van der Waals surface area contributed by atoms with Gasteiger partial charge >= 0.3 is 0 Å². The number of nitriles is 1. The van der Waals surface area contributed by atoms with Gasteiger partial charge in [0, 0.05) is 6.20 Å². The molecule has 0 unspecified atom stereocenters. The van der Waals surface area contributed by atoms with Crippen molar-refractivity contribution >= 4 is 10.0 Å². The van der Waals surface area contributed by atoms with E-state index in [1.54, 1.807) is 43.5 Å². The molecule has 0 fully saturated rings. The van der Waals surface area contributed by atoms with Crippen molar-refractivity contribution in [3.05, 3.63) is 59.9 Å². The number of pyridine rings is 1. The van der Waals surface area contributed by atoms with Crippen molar-refractivity contribution in [2.24, 2.45) is 0 Å². The monoisotopic (exact) mass is 287 g/mol. The van der Waals surface area contributed by atoms with Crippen LogP contribution < -0.4 is 4.72 Å². The maximum Gasteiger partial charge on any atom is 0.242 e. The molecule has 102 valence electrons. The van der Waals surface area contributed by atoms with Gasteiger partial charge in [-0.1, -0.05) is 18.2 Å². The summed E-state index contributed by atoms with van der Waals surface area (Å²) in [6.07, 6.45) is 1.60. The van der Waals surface area contributed by atoms with E-state index in [0.717, 1.165) is 0 Å². The molecule has 1 N–H and O–H groups in total. The number of rotatable bonds is 4. The second-order valence-corrected chi connectivity index (χ2v) is 5.89. The molecule has 2 rings (SSSR count). The maximum atomic E-state index is 12.3. The molecule has 0 aliphatic rings. The molecule has 6 heteroatoms. The first-order valence-corrected chi connectivity index (χ1v) is 7.45. The van der Waals surface area contributed by atoms with Crippen molar-refractivity contribution in [1.82, 2.24) is 9.71 Å². The van der Waals surface area contributed by atoms with Crippen molar-refractivity contribution in [1.29, 1.82) is 5.26 Å². The Bertz CT molecular complexity index is 737. The molecule has 0 bridgehead atoms. The summed E-state index contributed by atoms with van der Waals surface area (Å²) in [7, 11) is -3.76. The molecule has 20 heavy (non-hydrogen) atoms. The highest BCUT2D eigenvalue weighted by atomic mass is 32.2. The molecule has 0 aliphatic heterocycles. The lowest BCUT2D eigenvalue weighted by Gasteiger charge is -2.14. The Balaban J connectivity index is 2.31. The van der Waals surface area contributed by atoms with Crippen molar-refractivity contribution in [3.8, 4) is 6.07 Å². The van der Waals surface area contributed by atoms with Gasteiger partial charge in [-0.3, -0.25) is 4.98 Å². The predicted molar refractivity (Wildman–Crippen MR) is 74.1 cm³/mol. The predicted octanol–water partition coefficient (Wildman–Crippen LogP) is 1.99. The van der Waals surface area contributed by atoms with Crippen molar-refractivity contribution < 1.29 is 8.42 Å². The van der Waals surface area contributed by atoms with Crippen molar-refractivity contribution in [2.45, 2.75) is 17.9 Å². The van der Waals surface area contributed by atoms with Gasteiger partial charge in [0.1, 0.15) is 6.07 Å². The summed E-state index contributed by atoms with van der Waals surface area (Å²) >= 11 is 0. The van der Waals surface area contributed by atoms with E-state index in [1.165, 1.54) is 12.1 Å². The van der Waals surface area contributed by atoms with E-state index in [-0.39, 0.29) is 10.5 Å². The zero-order valence-electron chi connectivity index (χ0n) is 10.8. The number of aromatic nitrogens is 1. The molecule has 0 amide bonds. The molecule has 2 aromatic rings. The Hall–Kier alpha value is -2.23. The molecular weight excluding hydrogens is 274 g/mol. The summed E-state index contributed by atoms with van der Waals surface area (Å²) in [4.78, 5) is 4.08. The van der Waals surface area contributed by atoms with Gasteiger partial charge in [0.2, 0.25) is 10.0 Å². The van der Waals surface area contributed by atoms with Crippen LogP contribution in [0.4, 0.5) is 0 Å². The summed E-state index contributed by atoms with van der Waals surface area (Å²) in [5, 5.41) is 8.98. The first-order valence-electron chi connectivity index (χ1n) is 5.97. The molecule has 0 saturated carbocycles. The number of nitrogens with one attached hydrogen (secondary N) is 1. The third kappa shape index (κ3) is 3.02. The summed E-state index contributed by atoms with van der Waals surface area (Å²) < 4.78 is 27.1. The normalized spacial score (nSPS) is 12.6. The largest absolute Gasteiger partial charge is 0.260 e. The number of hydrogen-bond acceptors (Lipinski definition) is 4. The maximum absolute atomic E-state index is 12.3. The van der Waals surface area contributed by atoms with Gasteiger partial charge in [-0.05, 0) is 31.2 Å². The first kappa shape index (κ1) is 14.2. The third-order valence-electron chi connectivity index (χ3n) is 2.76. The standard InChI is InChI=1S/C14H13N3O2S/c1-11(13-7-4-5-9-16-13)17-20(18,19)14-8-3-2-6-12(14)10-15/h2-9,11,17H,1H3/t11-/m1/s1. The molecule has 5 nitrogen and oxygen atoms in total. The summed E-state index contributed by atoms with van der Waals surface area (Å²) in [5.74, 6) is 0. The summed E-state index contributed by atoms with van der Waals surface area (Å²) in [6, 6.07) is 12.8. The zero-order valence-corrected chi connectivity index (χ0v) is 11.6. The Labute approximate surface area is 118 Å². The molecule has 1 heterocycles. The van der Waals surface area contributed by atoms with Crippen LogP contribution in [0, 0.1) is 11.3 Å². The van der Waals surface area contributed by atoms with Crippen LogP contribution >= 0.6 is 0 Å². The van der Waals surface area contributed by atoms with Gasteiger partial charge in [-0.2, -0.15) is 5.26 Å². The summed E-state index contributed by atoms with van der Waals surface area (Å²) in [5.41, 5.74) is 0.735. The molecular formula is C14H13N3O2S. The van der Waals surface area contributed by atoms with Crippen LogP contribution in [0.25, 0.3) is 0 Å². The fraction of sp³-hybridized carbons (Fsp3) is 0.143. The average Bonchev–Trinajstić information content (AvgIpc) is 2.47. The molecule has 1 aromatic carbocycles. The minimum atomic E-state index is -3.76. The Kier molecular flexibility index (Phi) is 4.13. The van der Waals surface area contributed by atoms with Crippen molar-refractivity contribution in [3.63, 3.8) is 0 Å². The fourth-order valence-electron chi connectivity index (χ4n) is 1.78. The topological polar surface area (TPSA) is 82.9 Å². The molecule has 1 aromatic heterocycles. The van der Waals surface area contributed by atoms with Crippen LogP contribution in [-0.4, -0.2) is 13.4 Å². The lowest BCUT2D eigenvalue weighted by atomic mass is 10.2. The van der Waals surface area contributed by atoms with Gasteiger partial charge in [-0.15, -0.1) is 0 Å². The second-order valence-electron chi connectivity index (χ2n) is 4.21. The fourth-order valence-corrected chi connectivity index (χ4v) is 3.16. The van der Waals surface area contributed by atoms with Crippen LogP contribution in [0.5, 0.6) is 0 Å². The van der Waals surface area contributed by atoms with E-state index < -0.39 is 16.1 Å². The molecule has 1 atom stereocenters. The van der Waals surface area contributed by atoms with E-state index in [4.69, 9.17) is 5.26 Å². The SMILES string of the molecule is C[C@@H](NS(=O)(=O)c1ccccc1C#N)c1ccccn1. The van der Waals surface area contributed by atoms with E-state index in [9.17, 15) is 8.42 Å². The van der Waals surface area contributed by atoms with Gasteiger partial charge in [0.05, 0.1) is 22.2 Å². The zero-order chi connectivity index (χ0) is 14.6. The van der Waals surface area contributed by atoms with E-state index in [1.807, 2.05) is 6.07 Å². The van der Waals surface area contributed by atoms with Crippen LogP contribution in [0.1, 0.15) is 24.2 Å². The number of sulfonamides is 1. The Morgan fingerprint density at radius 2 is 1.90 bits per heavy atom. The molecule has 0 radical (unpaired) electrons. The second kappa shape index (κ2) is 5.82. The number of hydrogen-bond donors (Lipinski definition) is 1. The smallest absolute Gasteiger partial charge is 0.242 e. The van der Waals surface area contributed by atoms with Gasteiger partial charge in [0.25, 0.3) is 0 Å². The van der Waals surface area contributed by atoms with Crippen LogP contribution in [0.3, 0.4) is 0 Å². The van der Waals surface area contributed by atoms with Gasteiger partial charge in [0.15, 0.2) is 0 Å². The molecule has 0 spiro atoms. The number of nitrogens with zero attached hydrogens (tertiary/aromatic N) is 2. The Morgan fingerprint density at radius 1 is 1.20 bits per heavy atom. The Morgan fingerprint density at radius 3 is 2.55 bits per heavy atom. The highest BCUT2D eigenvalue weighted by Gasteiger charge is 2.21. The summed E-state index contributed by atoms with van der Waals surface area (Å²) in [6.45, 7) is 1.70. The van der Waals surface area contributed by atoms with Crippen LogP contribution in [0.15, 0.2) is 53.6 Å². The lowest BCUT2D eigenvalue weighted by Crippen LogP contribution is -2.28. The highest BCUT2D eigenvalue weighted by Crippen LogP contribution is 2.18. The average molecular weight is 287 g/mol. The highest BCUT2D eigenvalue weighted by molar-refractivity contribution is 7.89. The van der Waals surface area contributed by atoms with Crippen molar-refractivity contribution in [2.75, 3.05) is 0 Å². The third-order valence-corrected chi connectivity index (χ3v) is 4.36. The minimum Gasteiger partial charge on any atom is -0.260 e. The molecule has 0 saturated heterocycles. The number of benzene rings is 1. The van der Waals surface area contributed by atoms with E-state index in [2.05, 4.69) is 9.71 Å². The van der Waals surface area contributed by atoms with Gasteiger partial charge in [-0.25, -0.2) is 13.1 Å². The van der Waals surface area contributed by atoms with Crippen LogP contribution in [0.2, 0.25) is 0 Å². The van der Waals surface area contributed by atoms with Gasteiger partial charge < -0.3 is 0 Å². The first-order chi connectivity index (χ1) is 9.54. The van der Waals surface area contributed by atoms with E-state index >= 15 is 0 Å². The lowest BCUT2D eigenvalue weighted by molar-refractivity contribution is 0.563. The molecule has 0 aliphatic carbocycles. The quantitative estimate of drug-likeness (QED) is 0.932. The van der Waals surface area contributed by atoms with Crippen LogP contribution in [-0.2, 0) is 10.0 Å². The van der Waals surface area contributed by atoms with E-state index in [0.29, 0.717) is 5.69 Å². The minimum absolute atomic E-state index is 0.0229.